The zero-order valence-electron chi connectivity index (χ0n) is 18.8. The first kappa shape index (κ1) is 25.0. The summed E-state index contributed by atoms with van der Waals surface area (Å²) in [5.74, 6) is -0.444. The number of hydrogen-bond acceptors (Lipinski definition) is 5. The van der Waals surface area contributed by atoms with Crippen molar-refractivity contribution in [2.45, 2.75) is 25.8 Å². The highest BCUT2D eigenvalue weighted by atomic mass is 28.4. The van der Waals surface area contributed by atoms with Crippen molar-refractivity contribution in [1.29, 1.82) is 0 Å². The third-order valence-corrected chi connectivity index (χ3v) is 10.0. The van der Waals surface area contributed by atoms with E-state index in [1.54, 1.807) is 0 Å². The molecule has 2 rings (SSSR count). The van der Waals surface area contributed by atoms with E-state index in [4.69, 9.17) is 18.6 Å². The SMILES string of the molecule is C=CC(=O)OCCOCCOCCO[Si](c1ccccc1)(c1ccccc1)C(C)(C)C. The van der Waals surface area contributed by atoms with Gasteiger partial charge in [-0.05, 0) is 15.4 Å². The standard InChI is InChI=1S/C25H34O5Si/c1-5-24(26)29-20-18-27-16-17-28-19-21-30-31(25(2,3)4,22-12-8-6-9-13-22)23-14-10-7-11-15-23/h5-15H,1,16-21H2,2-4H3. The zero-order valence-corrected chi connectivity index (χ0v) is 19.8. The molecule has 6 heteroatoms. The molecule has 0 unspecified atom stereocenters. The van der Waals surface area contributed by atoms with Crippen molar-refractivity contribution >= 4 is 24.7 Å². The Hall–Kier alpha value is -2.25. The number of carbonyl (C=O) groups is 1. The Morgan fingerprint density at radius 1 is 0.806 bits per heavy atom. The minimum atomic E-state index is -2.52. The smallest absolute Gasteiger partial charge is 0.330 e. The Bertz CT molecular complexity index is 747. The maximum atomic E-state index is 10.9. The van der Waals surface area contributed by atoms with Gasteiger partial charge in [0.25, 0.3) is 8.32 Å². The first-order valence-corrected chi connectivity index (χ1v) is 12.5. The van der Waals surface area contributed by atoms with Gasteiger partial charge in [-0.2, -0.15) is 0 Å². The largest absolute Gasteiger partial charge is 0.460 e. The maximum Gasteiger partial charge on any atom is 0.330 e. The van der Waals surface area contributed by atoms with E-state index in [9.17, 15) is 4.79 Å². The molecule has 0 bridgehead atoms. The number of carbonyl (C=O) groups excluding carboxylic acids is 1. The molecule has 5 nitrogen and oxygen atoms in total. The Balaban J connectivity index is 1.92. The summed E-state index contributed by atoms with van der Waals surface area (Å²) in [6, 6.07) is 21.1. The molecule has 0 radical (unpaired) electrons. The first-order chi connectivity index (χ1) is 14.9. The second-order valence-electron chi connectivity index (χ2n) is 8.11. The van der Waals surface area contributed by atoms with E-state index >= 15 is 0 Å². The van der Waals surface area contributed by atoms with Crippen LogP contribution in [0.1, 0.15) is 20.8 Å². The average molecular weight is 443 g/mol. The van der Waals surface area contributed by atoms with Crippen LogP contribution in [0.25, 0.3) is 0 Å². The third-order valence-electron chi connectivity index (χ3n) is 4.97. The van der Waals surface area contributed by atoms with Crippen molar-refractivity contribution in [3.05, 3.63) is 73.3 Å². The second kappa shape index (κ2) is 12.6. The monoisotopic (exact) mass is 442 g/mol. The lowest BCUT2D eigenvalue weighted by Gasteiger charge is -2.43. The summed E-state index contributed by atoms with van der Waals surface area (Å²) in [4.78, 5) is 10.9. The van der Waals surface area contributed by atoms with Crippen LogP contribution in [-0.2, 0) is 23.4 Å². The van der Waals surface area contributed by atoms with Gasteiger partial charge in [0.2, 0.25) is 0 Å². The molecule has 0 saturated heterocycles. The normalized spacial score (nSPS) is 11.8. The first-order valence-electron chi connectivity index (χ1n) is 10.6. The van der Waals surface area contributed by atoms with E-state index in [2.05, 4.69) is 75.9 Å². The molecule has 2 aromatic carbocycles. The topological polar surface area (TPSA) is 54.0 Å². The van der Waals surface area contributed by atoms with E-state index in [0.717, 1.165) is 6.08 Å². The van der Waals surface area contributed by atoms with Crippen molar-refractivity contribution in [2.24, 2.45) is 0 Å². The summed E-state index contributed by atoms with van der Waals surface area (Å²) in [6.45, 7) is 12.5. The van der Waals surface area contributed by atoms with Crippen LogP contribution in [0.3, 0.4) is 0 Å². The Labute approximate surface area is 187 Å². The van der Waals surface area contributed by atoms with Crippen molar-refractivity contribution in [3.8, 4) is 0 Å². The predicted octanol–water partition coefficient (Wildman–Crippen LogP) is 3.33. The zero-order chi connectivity index (χ0) is 22.6. The molecule has 2 aromatic rings. The lowest BCUT2D eigenvalue weighted by molar-refractivity contribution is -0.139. The lowest BCUT2D eigenvalue weighted by atomic mass is 10.2. The van der Waals surface area contributed by atoms with Gasteiger partial charge in [0.1, 0.15) is 6.61 Å². The highest BCUT2D eigenvalue weighted by Gasteiger charge is 2.49. The van der Waals surface area contributed by atoms with Gasteiger partial charge in [-0.1, -0.05) is 88.0 Å². The molecule has 0 atom stereocenters. The van der Waals surface area contributed by atoms with Gasteiger partial charge in [0, 0.05) is 6.08 Å². The van der Waals surface area contributed by atoms with Crippen molar-refractivity contribution < 1.29 is 23.4 Å². The summed E-state index contributed by atoms with van der Waals surface area (Å²) in [5.41, 5.74) is 0. The molecule has 0 heterocycles. The molecular weight excluding hydrogens is 408 g/mol. The highest BCUT2D eigenvalue weighted by Crippen LogP contribution is 2.36. The van der Waals surface area contributed by atoms with Gasteiger partial charge in [-0.25, -0.2) is 4.79 Å². The maximum absolute atomic E-state index is 10.9. The fraction of sp³-hybridized carbons (Fsp3) is 0.400. The van der Waals surface area contributed by atoms with Crippen LogP contribution < -0.4 is 10.4 Å². The van der Waals surface area contributed by atoms with Gasteiger partial charge < -0.3 is 18.6 Å². The van der Waals surface area contributed by atoms with Gasteiger partial charge in [0.15, 0.2) is 0 Å². The van der Waals surface area contributed by atoms with Crippen molar-refractivity contribution in [3.63, 3.8) is 0 Å². The molecule has 0 spiro atoms. The Morgan fingerprint density at radius 3 is 1.71 bits per heavy atom. The molecule has 0 amide bonds. The minimum absolute atomic E-state index is 0.0539. The Kier molecular flexibility index (Phi) is 10.1. The number of ether oxygens (including phenoxy) is 3. The van der Waals surface area contributed by atoms with Gasteiger partial charge >= 0.3 is 5.97 Å². The summed E-state index contributed by atoms with van der Waals surface area (Å²) >= 11 is 0. The highest BCUT2D eigenvalue weighted by molar-refractivity contribution is 6.99. The van der Waals surface area contributed by atoms with Crippen LogP contribution in [0.2, 0.25) is 5.04 Å². The van der Waals surface area contributed by atoms with E-state index in [1.807, 2.05) is 12.1 Å². The molecule has 0 aliphatic rings. The molecule has 0 aliphatic carbocycles. The molecule has 168 valence electrons. The molecule has 0 saturated carbocycles. The van der Waals surface area contributed by atoms with Crippen molar-refractivity contribution in [2.75, 3.05) is 39.6 Å². The van der Waals surface area contributed by atoms with E-state index in [0.29, 0.717) is 33.0 Å². The molecule has 0 aliphatic heterocycles. The molecule has 0 N–H and O–H groups in total. The van der Waals surface area contributed by atoms with Crippen LogP contribution in [0.15, 0.2) is 73.3 Å². The number of benzene rings is 2. The quantitative estimate of drug-likeness (QED) is 0.206. The van der Waals surface area contributed by atoms with Crippen LogP contribution >= 0.6 is 0 Å². The lowest BCUT2D eigenvalue weighted by Crippen LogP contribution is -2.66. The average Bonchev–Trinajstić information content (AvgIpc) is 2.77. The summed E-state index contributed by atoms with van der Waals surface area (Å²) < 4.78 is 22.7. The van der Waals surface area contributed by atoms with Crippen LogP contribution in [0, 0.1) is 0 Å². The van der Waals surface area contributed by atoms with E-state index in [-0.39, 0.29) is 11.6 Å². The van der Waals surface area contributed by atoms with E-state index < -0.39 is 14.3 Å². The van der Waals surface area contributed by atoms with Gasteiger partial charge in [-0.3, -0.25) is 0 Å². The van der Waals surface area contributed by atoms with Crippen molar-refractivity contribution in [1.82, 2.24) is 0 Å². The molecule has 0 aromatic heterocycles. The predicted molar refractivity (Wildman–Crippen MR) is 126 cm³/mol. The summed E-state index contributed by atoms with van der Waals surface area (Å²) in [6.07, 6.45) is 1.13. The second-order valence-corrected chi connectivity index (χ2v) is 12.4. The fourth-order valence-electron chi connectivity index (χ4n) is 3.60. The third kappa shape index (κ3) is 7.14. The number of hydrogen-bond donors (Lipinski definition) is 0. The van der Waals surface area contributed by atoms with Gasteiger partial charge in [0.05, 0.1) is 33.0 Å². The summed E-state index contributed by atoms with van der Waals surface area (Å²) in [5, 5.41) is 2.46. The molecule has 31 heavy (non-hydrogen) atoms. The number of esters is 1. The molecule has 0 fully saturated rings. The van der Waals surface area contributed by atoms with Crippen LogP contribution in [0.4, 0.5) is 0 Å². The molecular formula is C25H34O5Si. The van der Waals surface area contributed by atoms with E-state index in [1.165, 1.54) is 10.4 Å². The fourth-order valence-corrected chi connectivity index (χ4v) is 8.14. The van der Waals surface area contributed by atoms with Gasteiger partial charge in [-0.15, -0.1) is 0 Å². The summed E-state index contributed by atoms with van der Waals surface area (Å²) in [7, 11) is -2.52. The van der Waals surface area contributed by atoms with Crippen LogP contribution in [0.5, 0.6) is 0 Å². The Morgan fingerprint density at radius 2 is 1.26 bits per heavy atom. The number of rotatable bonds is 13. The van der Waals surface area contributed by atoms with Crippen LogP contribution in [-0.4, -0.2) is 53.9 Å². The minimum Gasteiger partial charge on any atom is -0.460 e.